The molecule has 4 heteroatoms. The van der Waals surface area contributed by atoms with Crippen LogP contribution >= 0.6 is 0 Å². The highest BCUT2D eigenvalue weighted by Gasteiger charge is 2.32. The van der Waals surface area contributed by atoms with E-state index in [0.29, 0.717) is 5.92 Å². The van der Waals surface area contributed by atoms with Crippen molar-refractivity contribution in [2.45, 2.75) is 38.6 Å². The second-order valence-electron chi connectivity index (χ2n) is 5.43. The first-order valence-electron chi connectivity index (χ1n) is 6.79. The summed E-state index contributed by atoms with van der Waals surface area (Å²) in [6.07, 6.45) is 4.04. The van der Waals surface area contributed by atoms with Gasteiger partial charge in [-0.15, -0.1) is 0 Å². The van der Waals surface area contributed by atoms with E-state index >= 15 is 0 Å². The Morgan fingerprint density at radius 1 is 1.42 bits per heavy atom. The van der Waals surface area contributed by atoms with Crippen LogP contribution in [0.15, 0.2) is 18.3 Å². The van der Waals surface area contributed by atoms with Crippen molar-refractivity contribution in [3.63, 3.8) is 0 Å². The van der Waals surface area contributed by atoms with Crippen LogP contribution in [0.1, 0.15) is 46.6 Å². The lowest BCUT2D eigenvalue weighted by Gasteiger charge is -2.20. The van der Waals surface area contributed by atoms with Gasteiger partial charge in [0.05, 0.1) is 5.69 Å². The molecular weight excluding hydrogens is 236 g/mol. The summed E-state index contributed by atoms with van der Waals surface area (Å²) in [5, 5.41) is 4.48. The maximum absolute atomic E-state index is 6.54. The molecule has 0 saturated carbocycles. The molecule has 1 aliphatic carbocycles. The minimum atomic E-state index is -0.00940. The topological polar surface area (TPSA) is 56.7 Å². The highest BCUT2D eigenvalue weighted by molar-refractivity contribution is 5.36. The van der Waals surface area contributed by atoms with Crippen molar-refractivity contribution < 1.29 is 0 Å². The number of nitrogens with zero attached hydrogens (tertiary/aromatic N) is 3. The van der Waals surface area contributed by atoms with Crippen LogP contribution in [0, 0.1) is 13.8 Å². The Labute approximate surface area is 113 Å². The lowest BCUT2D eigenvalue weighted by Crippen LogP contribution is -2.20. The second-order valence-corrected chi connectivity index (χ2v) is 5.43. The van der Waals surface area contributed by atoms with E-state index in [4.69, 9.17) is 5.73 Å². The fourth-order valence-electron chi connectivity index (χ4n) is 3.27. The SMILES string of the molecule is Cc1nn(C)c(C)c1C(N)C1CCc2cccnc21. The Kier molecular flexibility index (Phi) is 2.90. The minimum absolute atomic E-state index is 0.00940. The summed E-state index contributed by atoms with van der Waals surface area (Å²) in [4.78, 5) is 4.55. The Morgan fingerprint density at radius 2 is 2.21 bits per heavy atom. The van der Waals surface area contributed by atoms with E-state index in [1.807, 2.05) is 30.9 Å². The van der Waals surface area contributed by atoms with Crippen LogP contribution in [0.5, 0.6) is 0 Å². The van der Waals surface area contributed by atoms with Gasteiger partial charge in [-0.3, -0.25) is 9.67 Å². The number of fused-ring (bicyclic) bond motifs is 1. The molecule has 19 heavy (non-hydrogen) atoms. The number of pyridine rings is 1. The van der Waals surface area contributed by atoms with Gasteiger partial charge in [0.2, 0.25) is 0 Å². The van der Waals surface area contributed by atoms with Crippen LogP contribution in [0.4, 0.5) is 0 Å². The molecule has 2 unspecified atom stereocenters. The third kappa shape index (κ3) is 1.87. The third-order valence-corrected chi connectivity index (χ3v) is 4.33. The Hall–Kier alpha value is -1.68. The Bertz CT molecular complexity index is 615. The van der Waals surface area contributed by atoms with Gasteiger partial charge in [0, 0.05) is 42.2 Å². The zero-order valence-corrected chi connectivity index (χ0v) is 11.7. The normalized spacial score (nSPS) is 19.5. The van der Waals surface area contributed by atoms with Crippen molar-refractivity contribution in [2.24, 2.45) is 12.8 Å². The lowest BCUT2D eigenvalue weighted by molar-refractivity contribution is 0.536. The standard InChI is InChI=1S/C15H20N4/c1-9-13(10(2)19(3)18-9)14(16)12-7-6-11-5-4-8-17-15(11)12/h4-5,8,12,14H,6-7,16H2,1-3H3. The van der Waals surface area contributed by atoms with Crippen molar-refractivity contribution in [3.05, 3.63) is 46.5 Å². The molecule has 2 heterocycles. The van der Waals surface area contributed by atoms with Crippen LogP contribution in [0.25, 0.3) is 0 Å². The van der Waals surface area contributed by atoms with Gasteiger partial charge in [-0.25, -0.2) is 0 Å². The summed E-state index contributed by atoms with van der Waals surface area (Å²) in [5.41, 5.74) is 12.5. The summed E-state index contributed by atoms with van der Waals surface area (Å²) in [6.45, 7) is 4.12. The summed E-state index contributed by atoms with van der Waals surface area (Å²) in [7, 11) is 1.97. The highest BCUT2D eigenvalue weighted by Crippen LogP contribution is 2.40. The smallest absolute Gasteiger partial charge is 0.0644 e. The van der Waals surface area contributed by atoms with E-state index in [9.17, 15) is 0 Å². The van der Waals surface area contributed by atoms with Gasteiger partial charge in [0.1, 0.15) is 0 Å². The predicted octanol–water partition coefficient (Wildman–Crippen LogP) is 2.16. The van der Waals surface area contributed by atoms with Crippen LogP contribution in [-0.2, 0) is 13.5 Å². The summed E-state index contributed by atoms with van der Waals surface area (Å²) < 4.78 is 1.92. The number of nitrogens with two attached hydrogens (primary N) is 1. The second kappa shape index (κ2) is 4.46. The highest BCUT2D eigenvalue weighted by atomic mass is 15.3. The zero-order valence-electron chi connectivity index (χ0n) is 11.7. The van der Waals surface area contributed by atoms with Crippen LogP contribution < -0.4 is 5.73 Å². The molecule has 4 nitrogen and oxygen atoms in total. The molecular formula is C15H20N4. The molecule has 0 fully saturated rings. The number of rotatable bonds is 2. The fourth-order valence-corrected chi connectivity index (χ4v) is 3.27. The first-order valence-corrected chi connectivity index (χ1v) is 6.79. The number of hydrogen-bond acceptors (Lipinski definition) is 3. The monoisotopic (exact) mass is 256 g/mol. The molecule has 0 radical (unpaired) electrons. The molecule has 2 atom stereocenters. The van der Waals surface area contributed by atoms with E-state index in [1.165, 1.54) is 16.8 Å². The van der Waals surface area contributed by atoms with Gasteiger partial charge < -0.3 is 5.73 Å². The molecule has 2 aromatic rings. The average molecular weight is 256 g/mol. The van der Waals surface area contributed by atoms with E-state index in [0.717, 1.165) is 24.2 Å². The molecule has 0 aliphatic heterocycles. The maximum atomic E-state index is 6.54. The summed E-state index contributed by atoms with van der Waals surface area (Å²) >= 11 is 0. The first kappa shape index (κ1) is 12.4. The van der Waals surface area contributed by atoms with Crippen molar-refractivity contribution in [1.29, 1.82) is 0 Å². The average Bonchev–Trinajstić information content (AvgIpc) is 2.91. The molecule has 2 N–H and O–H groups in total. The molecule has 1 aliphatic rings. The molecule has 0 amide bonds. The molecule has 2 aromatic heterocycles. The zero-order chi connectivity index (χ0) is 13.6. The van der Waals surface area contributed by atoms with Gasteiger partial charge in [0.25, 0.3) is 0 Å². The van der Waals surface area contributed by atoms with Crippen LogP contribution in [0.2, 0.25) is 0 Å². The third-order valence-electron chi connectivity index (χ3n) is 4.33. The minimum Gasteiger partial charge on any atom is -0.323 e. The summed E-state index contributed by atoms with van der Waals surface area (Å²) in [5.74, 6) is 0.317. The van der Waals surface area contributed by atoms with Gasteiger partial charge >= 0.3 is 0 Å². The van der Waals surface area contributed by atoms with Crippen LogP contribution in [0.3, 0.4) is 0 Å². The van der Waals surface area contributed by atoms with E-state index in [1.54, 1.807) is 0 Å². The number of aryl methyl sites for hydroxylation is 3. The number of hydrogen-bond donors (Lipinski definition) is 1. The van der Waals surface area contributed by atoms with Crippen molar-refractivity contribution in [2.75, 3.05) is 0 Å². The molecule has 0 spiro atoms. The Morgan fingerprint density at radius 3 is 2.89 bits per heavy atom. The van der Waals surface area contributed by atoms with Crippen molar-refractivity contribution in [3.8, 4) is 0 Å². The molecule has 0 bridgehead atoms. The van der Waals surface area contributed by atoms with Gasteiger partial charge in [0.15, 0.2) is 0 Å². The summed E-state index contributed by atoms with van der Waals surface area (Å²) in [6, 6.07) is 4.16. The van der Waals surface area contributed by atoms with Gasteiger partial charge in [-0.1, -0.05) is 6.07 Å². The fraction of sp³-hybridized carbons (Fsp3) is 0.467. The number of aromatic nitrogens is 3. The van der Waals surface area contributed by atoms with Crippen molar-refractivity contribution in [1.82, 2.24) is 14.8 Å². The molecule has 100 valence electrons. The van der Waals surface area contributed by atoms with Gasteiger partial charge in [-0.2, -0.15) is 5.10 Å². The molecule has 3 rings (SSSR count). The maximum Gasteiger partial charge on any atom is 0.0644 e. The van der Waals surface area contributed by atoms with Gasteiger partial charge in [-0.05, 0) is 38.3 Å². The quantitative estimate of drug-likeness (QED) is 0.895. The van der Waals surface area contributed by atoms with Crippen molar-refractivity contribution >= 4 is 0 Å². The largest absolute Gasteiger partial charge is 0.323 e. The van der Waals surface area contributed by atoms with E-state index in [-0.39, 0.29) is 6.04 Å². The Balaban J connectivity index is 2.00. The predicted molar refractivity (Wildman–Crippen MR) is 74.9 cm³/mol. The van der Waals surface area contributed by atoms with E-state index in [2.05, 4.69) is 23.1 Å². The van der Waals surface area contributed by atoms with E-state index < -0.39 is 0 Å². The molecule has 0 saturated heterocycles. The first-order chi connectivity index (χ1) is 9.09. The van der Waals surface area contributed by atoms with Crippen LogP contribution in [-0.4, -0.2) is 14.8 Å². The molecule has 0 aromatic carbocycles. The lowest BCUT2D eigenvalue weighted by atomic mass is 9.90.